The van der Waals surface area contributed by atoms with E-state index in [2.05, 4.69) is 15.1 Å². The Morgan fingerprint density at radius 3 is 3.12 bits per heavy atom. The molecule has 0 saturated heterocycles. The van der Waals surface area contributed by atoms with Gasteiger partial charge in [0, 0.05) is 24.5 Å². The zero-order chi connectivity index (χ0) is 12.1. The van der Waals surface area contributed by atoms with Crippen LogP contribution >= 0.6 is 0 Å². The summed E-state index contributed by atoms with van der Waals surface area (Å²) in [5.41, 5.74) is 7.22. The fourth-order valence-electron chi connectivity index (χ4n) is 1.39. The Labute approximate surface area is 98.8 Å². The van der Waals surface area contributed by atoms with Gasteiger partial charge in [-0.3, -0.25) is 4.98 Å². The maximum Gasteiger partial charge on any atom is 0.252 e. The van der Waals surface area contributed by atoms with Crippen LogP contribution in [0.1, 0.15) is 11.5 Å². The third-order valence-electron chi connectivity index (χ3n) is 2.22. The van der Waals surface area contributed by atoms with Crippen molar-refractivity contribution in [2.75, 3.05) is 13.2 Å². The van der Waals surface area contributed by atoms with Gasteiger partial charge in [0.2, 0.25) is 5.82 Å². The molecule has 0 radical (unpaired) electrons. The summed E-state index contributed by atoms with van der Waals surface area (Å²) < 4.78 is 10.3. The quantitative estimate of drug-likeness (QED) is 0.774. The number of hydrogen-bond donors (Lipinski definition) is 1. The normalized spacial score (nSPS) is 10.7. The second-order valence-electron chi connectivity index (χ2n) is 3.54. The molecule has 2 aromatic rings. The number of aromatic nitrogens is 3. The summed E-state index contributed by atoms with van der Waals surface area (Å²) in [5.74, 6) is 1.00. The van der Waals surface area contributed by atoms with Crippen LogP contribution in [-0.2, 0) is 11.3 Å². The smallest absolute Gasteiger partial charge is 0.252 e. The van der Waals surface area contributed by atoms with Crippen LogP contribution < -0.4 is 5.73 Å². The zero-order valence-corrected chi connectivity index (χ0v) is 9.59. The topological polar surface area (TPSA) is 87.1 Å². The molecule has 0 unspecified atom stereocenters. The minimum absolute atomic E-state index is 0.286. The Morgan fingerprint density at radius 2 is 2.35 bits per heavy atom. The highest BCUT2D eigenvalue weighted by molar-refractivity contribution is 5.57. The number of nitrogens with two attached hydrogens (primary N) is 1. The van der Waals surface area contributed by atoms with Gasteiger partial charge in [0.25, 0.3) is 5.89 Å². The van der Waals surface area contributed by atoms with Crippen molar-refractivity contribution in [2.24, 2.45) is 5.73 Å². The molecule has 6 heteroatoms. The van der Waals surface area contributed by atoms with Gasteiger partial charge in [-0.1, -0.05) is 5.16 Å². The van der Waals surface area contributed by atoms with Gasteiger partial charge >= 0.3 is 0 Å². The predicted molar refractivity (Wildman–Crippen MR) is 61.0 cm³/mol. The van der Waals surface area contributed by atoms with E-state index >= 15 is 0 Å². The molecule has 0 bridgehead atoms. The van der Waals surface area contributed by atoms with Crippen LogP contribution in [0.5, 0.6) is 0 Å². The van der Waals surface area contributed by atoms with E-state index in [-0.39, 0.29) is 6.61 Å². The number of rotatable bonds is 5. The Balaban J connectivity index is 2.10. The van der Waals surface area contributed by atoms with Crippen LogP contribution in [0.3, 0.4) is 0 Å². The first-order chi connectivity index (χ1) is 8.31. The molecule has 0 aliphatic heterocycles. The van der Waals surface area contributed by atoms with Crippen LogP contribution in [-0.4, -0.2) is 28.3 Å². The van der Waals surface area contributed by atoms with Gasteiger partial charge in [-0.15, -0.1) is 0 Å². The molecule has 2 heterocycles. The molecule has 6 nitrogen and oxygen atoms in total. The lowest BCUT2D eigenvalue weighted by Gasteiger charge is -1.97. The van der Waals surface area contributed by atoms with E-state index < -0.39 is 0 Å². The molecule has 2 rings (SSSR count). The highest BCUT2D eigenvalue weighted by atomic mass is 16.5. The van der Waals surface area contributed by atoms with Crippen molar-refractivity contribution in [3.63, 3.8) is 0 Å². The summed E-state index contributed by atoms with van der Waals surface area (Å²) >= 11 is 0. The second kappa shape index (κ2) is 5.51. The van der Waals surface area contributed by atoms with Gasteiger partial charge in [-0.2, -0.15) is 4.98 Å². The highest BCUT2D eigenvalue weighted by Gasteiger charge is 2.10. The molecule has 0 atom stereocenters. The minimum Gasteiger partial charge on any atom is -0.370 e. The standard InChI is InChI=1S/C11H14N4O2/c1-8-6-13-4-2-9(8)11-14-10(17-15-11)7-16-5-3-12/h2,4,6H,3,5,7,12H2,1H3. The summed E-state index contributed by atoms with van der Waals surface area (Å²) in [5, 5.41) is 3.90. The van der Waals surface area contributed by atoms with Gasteiger partial charge in [0.1, 0.15) is 6.61 Å². The number of aryl methyl sites for hydroxylation is 1. The monoisotopic (exact) mass is 234 g/mol. The van der Waals surface area contributed by atoms with Crippen molar-refractivity contribution < 1.29 is 9.26 Å². The van der Waals surface area contributed by atoms with E-state index in [1.807, 2.05) is 13.0 Å². The van der Waals surface area contributed by atoms with Gasteiger partial charge in [-0.25, -0.2) is 0 Å². The summed E-state index contributed by atoms with van der Waals surface area (Å²) in [7, 11) is 0. The summed E-state index contributed by atoms with van der Waals surface area (Å²) in [4.78, 5) is 8.25. The van der Waals surface area contributed by atoms with Crippen LogP contribution in [0.25, 0.3) is 11.4 Å². The van der Waals surface area contributed by atoms with E-state index in [1.165, 1.54) is 0 Å². The van der Waals surface area contributed by atoms with Gasteiger partial charge in [-0.05, 0) is 18.6 Å². The predicted octanol–water partition coefficient (Wildman–Crippen LogP) is 0.915. The first kappa shape index (κ1) is 11.7. The molecule has 0 spiro atoms. The van der Waals surface area contributed by atoms with Crippen LogP contribution in [0.2, 0.25) is 0 Å². The zero-order valence-electron chi connectivity index (χ0n) is 9.59. The molecular weight excluding hydrogens is 220 g/mol. The fraction of sp³-hybridized carbons (Fsp3) is 0.364. The van der Waals surface area contributed by atoms with E-state index in [0.29, 0.717) is 24.9 Å². The van der Waals surface area contributed by atoms with Crippen molar-refractivity contribution in [3.05, 3.63) is 29.9 Å². The maximum atomic E-state index is 5.31. The van der Waals surface area contributed by atoms with E-state index in [4.69, 9.17) is 15.0 Å². The summed E-state index contributed by atoms with van der Waals surface area (Å²) in [6.45, 7) is 3.19. The molecular formula is C11H14N4O2. The molecule has 0 amide bonds. The van der Waals surface area contributed by atoms with E-state index in [0.717, 1.165) is 11.1 Å². The molecule has 90 valence electrons. The average Bonchev–Trinajstić information content (AvgIpc) is 2.79. The number of pyridine rings is 1. The molecule has 0 aromatic carbocycles. The lowest BCUT2D eigenvalue weighted by molar-refractivity contribution is 0.104. The third-order valence-corrected chi connectivity index (χ3v) is 2.22. The molecule has 0 aliphatic carbocycles. The fourth-order valence-corrected chi connectivity index (χ4v) is 1.39. The molecule has 2 N–H and O–H groups in total. The van der Waals surface area contributed by atoms with Crippen molar-refractivity contribution in [2.45, 2.75) is 13.5 Å². The van der Waals surface area contributed by atoms with Crippen molar-refractivity contribution in [1.29, 1.82) is 0 Å². The molecule has 0 aliphatic rings. The number of hydrogen-bond acceptors (Lipinski definition) is 6. The van der Waals surface area contributed by atoms with Crippen LogP contribution in [0, 0.1) is 6.92 Å². The van der Waals surface area contributed by atoms with Crippen LogP contribution in [0.15, 0.2) is 23.0 Å². The largest absolute Gasteiger partial charge is 0.370 e. The third kappa shape index (κ3) is 2.86. The first-order valence-electron chi connectivity index (χ1n) is 5.32. The van der Waals surface area contributed by atoms with Crippen molar-refractivity contribution in [3.8, 4) is 11.4 Å². The van der Waals surface area contributed by atoms with Crippen molar-refractivity contribution in [1.82, 2.24) is 15.1 Å². The molecule has 0 saturated carbocycles. The van der Waals surface area contributed by atoms with Gasteiger partial charge in [0.15, 0.2) is 0 Å². The number of ether oxygens (including phenoxy) is 1. The summed E-state index contributed by atoms with van der Waals surface area (Å²) in [6.07, 6.45) is 3.46. The maximum absolute atomic E-state index is 5.31. The Bertz CT molecular complexity index is 484. The SMILES string of the molecule is Cc1cnccc1-c1noc(COCCN)n1. The minimum atomic E-state index is 0.286. The lowest BCUT2D eigenvalue weighted by atomic mass is 10.1. The highest BCUT2D eigenvalue weighted by Crippen LogP contribution is 2.18. The lowest BCUT2D eigenvalue weighted by Crippen LogP contribution is -2.08. The molecule has 2 aromatic heterocycles. The van der Waals surface area contributed by atoms with Crippen LogP contribution in [0.4, 0.5) is 0 Å². The molecule has 0 fully saturated rings. The van der Waals surface area contributed by atoms with Crippen molar-refractivity contribution >= 4 is 0 Å². The Morgan fingerprint density at radius 1 is 1.47 bits per heavy atom. The summed E-state index contributed by atoms with van der Waals surface area (Å²) in [6, 6.07) is 1.85. The van der Waals surface area contributed by atoms with Gasteiger partial charge in [0.05, 0.1) is 6.61 Å². The second-order valence-corrected chi connectivity index (χ2v) is 3.54. The van der Waals surface area contributed by atoms with E-state index in [9.17, 15) is 0 Å². The average molecular weight is 234 g/mol. The Hall–Kier alpha value is -1.79. The first-order valence-corrected chi connectivity index (χ1v) is 5.32. The molecule has 17 heavy (non-hydrogen) atoms. The Kier molecular flexibility index (Phi) is 3.79. The van der Waals surface area contributed by atoms with E-state index in [1.54, 1.807) is 12.4 Å². The van der Waals surface area contributed by atoms with Gasteiger partial charge < -0.3 is 15.0 Å². The number of nitrogens with zero attached hydrogens (tertiary/aromatic N) is 3.